The van der Waals surface area contributed by atoms with Gasteiger partial charge in [-0.15, -0.1) is 0 Å². The molecule has 1 aliphatic rings. The Hall–Kier alpha value is -0.0800. The number of hydrogen-bond donors (Lipinski definition) is 1. The topological polar surface area (TPSA) is 15.3 Å². The SMILES string of the molecule is CC(C)CCN1C(C)CCNCC1C. The summed E-state index contributed by atoms with van der Waals surface area (Å²) < 4.78 is 0. The van der Waals surface area contributed by atoms with Crippen LogP contribution in [0.2, 0.25) is 0 Å². The van der Waals surface area contributed by atoms with Gasteiger partial charge < -0.3 is 5.32 Å². The lowest BCUT2D eigenvalue weighted by atomic mass is 10.1. The van der Waals surface area contributed by atoms with Crippen molar-refractivity contribution in [3.63, 3.8) is 0 Å². The highest BCUT2D eigenvalue weighted by atomic mass is 15.2. The van der Waals surface area contributed by atoms with E-state index in [0.29, 0.717) is 6.04 Å². The minimum atomic E-state index is 0.700. The van der Waals surface area contributed by atoms with Gasteiger partial charge in [-0.1, -0.05) is 13.8 Å². The van der Waals surface area contributed by atoms with Crippen molar-refractivity contribution in [1.29, 1.82) is 0 Å². The summed E-state index contributed by atoms with van der Waals surface area (Å²) in [5.41, 5.74) is 0. The van der Waals surface area contributed by atoms with Crippen LogP contribution in [0.1, 0.15) is 40.5 Å². The second-order valence-electron chi connectivity index (χ2n) is 5.11. The predicted octanol–water partition coefficient (Wildman–Crippen LogP) is 2.10. The van der Waals surface area contributed by atoms with Crippen LogP contribution >= 0.6 is 0 Å². The van der Waals surface area contributed by atoms with Crippen molar-refractivity contribution in [3.05, 3.63) is 0 Å². The van der Waals surface area contributed by atoms with Crippen molar-refractivity contribution >= 4 is 0 Å². The molecule has 1 aliphatic heterocycles. The second-order valence-corrected chi connectivity index (χ2v) is 5.11. The third-order valence-corrected chi connectivity index (χ3v) is 3.28. The standard InChI is InChI=1S/C12H26N2/c1-10(2)6-8-14-11(3)5-7-13-9-12(14)4/h10-13H,5-9H2,1-4H3. The minimum absolute atomic E-state index is 0.700. The fourth-order valence-corrected chi connectivity index (χ4v) is 2.19. The van der Waals surface area contributed by atoms with Crippen molar-refractivity contribution in [3.8, 4) is 0 Å². The number of hydrogen-bond acceptors (Lipinski definition) is 2. The van der Waals surface area contributed by atoms with Gasteiger partial charge in [-0.2, -0.15) is 0 Å². The second kappa shape index (κ2) is 5.72. The summed E-state index contributed by atoms with van der Waals surface area (Å²) in [6.45, 7) is 12.9. The maximum absolute atomic E-state index is 3.50. The molecule has 2 nitrogen and oxygen atoms in total. The average molecular weight is 198 g/mol. The number of nitrogens with one attached hydrogen (secondary N) is 1. The van der Waals surface area contributed by atoms with Crippen LogP contribution in [-0.2, 0) is 0 Å². The van der Waals surface area contributed by atoms with Gasteiger partial charge in [-0.25, -0.2) is 0 Å². The Morgan fingerprint density at radius 1 is 1.29 bits per heavy atom. The van der Waals surface area contributed by atoms with Crippen LogP contribution in [0.5, 0.6) is 0 Å². The predicted molar refractivity (Wildman–Crippen MR) is 62.6 cm³/mol. The van der Waals surface area contributed by atoms with Crippen LogP contribution in [0.3, 0.4) is 0 Å². The van der Waals surface area contributed by atoms with Crippen LogP contribution < -0.4 is 5.32 Å². The van der Waals surface area contributed by atoms with E-state index in [0.717, 1.165) is 18.5 Å². The lowest BCUT2D eigenvalue weighted by Crippen LogP contribution is -2.42. The molecule has 0 amide bonds. The average Bonchev–Trinajstić information content (AvgIpc) is 2.25. The van der Waals surface area contributed by atoms with E-state index < -0.39 is 0 Å². The van der Waals surface area contributed by atoms with E-state index in [1.54, 1.807) is 0 Å². The fraction of sp³-hybridized carbons (Fsp3) is 1.00. The van der Waals surface area contributed by atoms with Crippen LogP contribution in [0, 0.1) is 5.92 Å². The normalized spacial score (nSPS) is 30.6. The Morgan fingerprint density at radius 3 is 2.64 bits per heavy atom. The molecule has 1 heterocycles. The highest BCUT2D eigenvalue weighted by molar-refractivity contribution is 4.79. The molecule has 14 heavy (non-hydrogen) atoms. The van der Waals surface area contributed by atoms with Gasteiger partial charge in [-0.05, 0) is 45.7 Å². The molecule has 0 bridgehead atoms. The summed E-state index contributed by atoms with van der Waals surface area (Å²) in [5, 5.41) is 3.50. The number of rotatable bonds is 3. The van der Waals surface area contributed by atoms with Gasteiger partial charge in [0.05, 0.1) is 0 Å². The summed E-state index contributed by atoms with van der Waals surface area (Å²) in [4.78, 5) is 2.67. The van der Waals surface area contributed by atoms with Crippen LogP contribution in [0.4, 0.5) is 0 Å². The molecular formula is C12H26N2. The first-order valence-electron chi connectivity index (χ1n) is 6.07. The molecule has 0 aromatic heterocycles. The van der Waals surface area contributed by atoms with Gasteiger partial charge in [-0.3, -0.25) is 4.90 Å². The lowest BCUT2D eigenvalue weighted by molar-refractivity contribution is 0.155. The van der Waals surface area contributed by atoms with Crippen molar-refractivity contribution in [2.75, 3.05) is 19.6 Å². The molecule has 1 rings (SSSR count). The smallest absolute Gasteiger partial charge is 0.0195 e. The van der Waals surface area contributed by atoms with E-state index in [1.807, 2.05) is 0 Å². The maximum atomic E-state index is 3.50. The quantitative estimate of drug-likeness (QED) is 0.747. The molecule has 1 saturated heterocycles. The van der Waals surface area contributed by atoms with E-state index in [1.165, 1.54) is 25.9 Å². The van der Waals surface area contributed by atoms with Crippen LogP contribution in [0.15, 0.2) is 0 Å². The van der Waals surface area contributed by atoms with E-state index in [9.17, 15) is 0 Å². The first-order valence-corrected chi connectivity index (χ1v) is 6.07. The van der Waals surface area contributed by atoms with E-state index in [4.69, 9.17) is 0 Å². The minimum Gasteiger partial charge on any atom is -0.315 e. The van der Waals surface area contributed by atoms with E-state index in [-0.39, 0.29) is 0 Å². The summed E-state index contributed by atoms with van der Waals surface area (Å²) in [6, 6.07) is 1.45. The van der Waals surface area contributed by atoms with Gasteiger partial charge in [0.15, 0.2) is 0 Å². The summed E-state index contributed by atoms with van der Waals surface area (Å²) in [5.74, 6) is 0.825. The highest BCUT2D eigenvalue weighted by Gasteiger charge is 2.22. The molecule has 0 radical (unpaired) electrons. The zero-order chi connectivity index (χ0) is 10.6. The van der Waals surface area contributed by atoms with Crippen molar-refractivity contribution in [1.82, 2.24) is 10.2 Å². The summed E-state index contributed by atoms with van der Waals surface area (Å²) in [7, 11) is 0. The molecule has 0 saturated carbocycles. The molecule has 2 unspecified atom stereocenters. The Morgan fingerprint density at radius 2 is 2.00 bits per heavy atom. The monoisotopic (exact) mass is 198 g/mol. The van der Waals surface area contributed by atoms with Gasteiger partial charge in [0, 0.05) is 18.6 Å². The number of nitrogens with zero attached hydrogens (tertiary/aromatic N) is 1. The molecule has 0 aromatic rings. The first-order chi connectivity index (χ1) is 6.61. The van der Waals surface area contributed by atoms with Crippen molar-refractivity contribution < 1.29 is 0 Å². The van der Waals surface area contributed by atoms with Gasteiger partial charge in [0.2, 0.25) is 0 Å². The van der Waals surface area contributed by atoms with Gasteiger partial charge in [0.1, 0.15) is 0 Å². The molecule has 2 heteroatoms. The molecular weight excluding hydrogens is 172 g/mol. The molecule has 1 N–H and O–H groups in total. The molecule has 0 spiro atoms. The van der Waals surface area contributed by atoms with Gasteiger partial charge in [0.25, 0.3) is 0 Å². The zero-order valence-electron chi connectivity index (χ0n) is 10.2. The van der Waals surface area contributed by atoms with Crippen molar-refractivity contribution in [2.45, 2.75) is 52.6 Å². The highest BCUT2D eigenvalue weighted by Crippen LogP contribution is 2.14. The Balaban J connectivity index is 2.43. The molecule has 0 aliphatic carbocycles. The van der Waals surface area contributed by atoms with Crippen LogP contribution in [-0.4, -0.2) is 36.6 Å². The van der Waals surface area contributed by atoms with E-state index in [2.05, 4.69) is 37.9 Å². The van der Waals surface area contributed by atoms with E-state index >= 15 is 0 Å². The Labute approximate surface area is 89.1 Å². The summed E-state index contributed by atoms with van der Waals surface area (Å²) in [6.07, 6.45) is 2.62. The third-order valence-electron chi connectivity index (χ3n) is 3.28. The molecule has 84 valence electrons. The largest absolute Gasteiger partial charge is 0.315 e. The maximum Gasteiger partial charge on any atom is 0.0195 e. The van der Waals surface area contributed by atoms with Gasteiger partial charge >= 0.3 is 0 Å². The Kier molecular flexibility index (Phi) is 4.90. The third kappa shape index (κ3) is 3.58. The molecule has 0 aromatic carbocycles. The van der Waals surface area contributed by atoms with Crippen LogP contribution in [0.25, 0.3) is 0 Å². The van der Waals surface area contributed by atoms with Crippen molar-refractivity contribution in [2.24, 2.45) is 5.92 Å². The molecule has 1 fully saturated rings. The first kappa shape index (κ1) is 12.0. The molecule has 2 atom stereocenters. The Bertz CT molecular complexity index is 144. The summed E-state index contributed by atoms with van der Waals surface area (Å²) >= 11 is 0. The lowest BCUT2D eigenvalue weighted by Gasteiger charge is -2.32. The zero-order valence-corrected chi connectivity index (χ0v) is 10.2. The fourth-order valence-electron chi connectivity index (χ4n) is 2.19.